The molecule has 1 fully saturated rings. The molecule has 2 heteroatoms. The van der Waals surface area contributed by atoms with Crippen LogP contribution in [0, 0.1) is 11.8 Å². The molecule has 0 saturated carbocycles. The van der Waals surface area contributed by atoms with Crippen molar-refractivity contribution < 1.29 is 9.69 Å². The van der Waals surface area contributed by atoms with Gasteiger partial charge in [0.2, 0.25) is 0 Å². The highest BCUT2D eigenvalue weighted by atomic mass is 16.1. The van der Waals surface area contributed by atoms with E-state index in [0.29, 0.717) is 17.6 Å². The van der Waals surface area contributed by atoms with E-state index in [1.165, 1.54) is 4.90 Å². The third-order valence-electron chi connectivity index (χ3n) is 2.76. The Balaban J connectivity index is 2.67. The summed E-state index contributed by atoms with van der Waals surface area (Å²) in [4.78, 5) is 13.0. The Bertz CT molecular complexity index is 177. The van der Waals surface area contributed by atoms with Crippen LogP contribution in [0.4, 0.5) is 0 Å². The molecule has 0 aromatic carbocycles. The summed E-state index contributed by atoms with van der Waals surface area (Å²) in [6, 6.07) is 0.251. The highest BCUT2D eigenvalue weighted by Gasteiger charge is 2.36. The number of likely N-dealkylation sites (N-methyl/N-ethyl adjacent to an activating group) is 1. The number of carbonyl (C=O) groups is 1. The number of carbonyl (C=O) groups excluding carboxylic acids is 1. The van der Waals surface area contributed by atoms with E-state index < -0.39 is 0 Å². The minimum atomic E-state index is 0.251. The fraction of sp³-hybridized carbons (Fsp3) is 0.900. The van der Waals surface area contributed by atoms with Crippen molar-refractivity contribution in [2.24, 2.45) is 11.8 Å². The molecule has 3 atom stereocenters. The van der Waals surface area contributed by atoms with Crippen LogP contribution >= 0.6 is 0 Å². The van der Waals surface area contributed by atoms with E-state index in [0.717, 1.165) is 13.0 Å². The Morgan fingerprint density at radius 3 is 2.50 bits per heavy atom. The van der Waals surface area contributed by atoms with Gasteiger partial charge in [-0.15, -0.1) is 0 Å². The van der Waals surface area contributed by atoms with Crippen molar-refractivity contribution in [2.75, 3.05) is 13.6 Å². The molecule has 0 bridgehead atoms. The van der Waals surface area contributed by atoms with Crippen LogP contribution in [0.15, 0.2) is 0 Å². The molecule has 0 aromatic heterocycles. The standard InChI is InChI=1S/C10H19NO/c1-7(2)10-9(12)5-8(3)6-11(10)4/h7-8,10H,5-6H2,1-4H3/p+1/t8-,10-/m0/s1. The van der Waals surface area contributed by atoms with E-state index in [1.807, 2.05) is 0 Å². The van der Waals surface area contributed by atoms with E-state index in [1.54, 1.807) is 0 Å². The van der Waals surface area contributed by atoms with Gasteiger partial charge in [0, 0.05) is 18.3 Å². The van der Waals surface area contributed by atoms with Crippen molar-refractivity contribution in [2.45, 2.75) is 33.2 Å². The first kappa shape index (κ1) is 9.72. The van der Waals surface area contributed by atoms with Crippen molar-refractivity contribution in [1.82, 2.24) is 0 Å². The van der Waals surface area contributed by atoms with E-state index in [4.69, 9.17) is 0 Å². The SMILES string of the molecule is CC(C)[C@H]1C(=O)C[C@H](C)C[NH+]1C. The molecule has 0 spiro atoms. The van der Waals surface area contributed by atoms with E-state index in [-0.39, 0.29) is 6.04 Å². The molecule has 70 valence electrons. The normalized spacial score (nSPS) is 37.4. The number of nitrogens with one attached hydrogen (secondary N) is 1. The first-order chi connectivity index (χ1) is 5.52. The molecule has 1 aliphatic rings. The maximum Gasteiger partial charge on any atom is 0.190 e. The molecule has 1 aliphatic heterocycles. The Labute approximate surface area is 74.9 Å². The summed E-state index contributed by atoms with van der Waals surface area (Å²) in [5.74, 6) is 1.53. The zero-order valence-corrected chi connectivity index (χ0v) is 8.55. The summed E-state index contributed by atoms with van der Waals surface area (Å²) < 4.78 is 0. The summed E-state index contributed by atoms with van der Waals surface area (Å²) in [5, 5.41) is 0. The summed E-state index contributed by atoms with van der Waals surface area (Å²) in [5.41, 5.74) is 0. The minimum Gasteiger partial charge on any atom is -0.328 e. The van der Waals surface area contributed by atoms with Crippen molar-refractivity contribution in [1.29, 1.82) is 0 Å². The van der Waals surface area contributed by atoms with Crippen molar-refractivity contribution in [3.63, 3.8) is 0 Å². The molecule has 0 aromatic rings. The van der Waals surface area contributed by atoms with E-state index >= 15 is 0 Å². The summed E-state index contributed by atoms with van der Waals surface area (Å²) in [6.45, 7) is 7.59. The van der Waals surface area contributed by atoms with E-state index in [9.17, 15) is 4.79 Å². The van der Waals surface area contributed by atoms with Crippen molar-refractivity contribution in [3.05, 3.63) is 0 Å². The number of likely N-dealkylation sites (tertiary alicyclic amines) is 1. The van der Waals surface area contributed by atoms with Crippen LogP contribution in [-0.2, 0) is 4.79 Å². The van der Waals surface area contributed by atoms with Gasteiger partial charge >= 0.3 is 0 Å². The quantitative estimate of drug-likeness (QED) is 0.594. The number of Topliss-reactive ketones (excluding diaryl/α,β-unsaturated/α-hetero) is 1. The highest BCUT2D eigenvalue weighted by molar-refractivity contribution is 5.83. The van der Waals surface area contributed by atoms with E-state index in [2.05, 4.69) is 27.8 Å². The highest BCUT2D eigenvalue weighted by Crippen LogP contribution is 2.11. The van der Waals surface area contributed by atoms with Crippen LogP contribution in [0.1, 0.15) is 27.2 Å². The Hall–Kier alpha value is -0.370. The molecule has 1 unspecified atom stereocenters. The summed E-state index contributed by atoms with van der Waals surface area (Å²) in [7, 11) is 2.14. The maximum atomic E-state index is 11.6. The van der Waals surface area contributed by atoms with Gasteiger partial charge in [-0.25, -0.2) is 0 Å². The molecule has 2 nitrogen and oxygen atoms in total. The van der Waals surface area contributed by atoms with Gasteiger partial charge in [0.15, 0.2) is 5.78 Å². The zero-order valence-electron chi connectivity index (χ0n) is 8.55. The molecule has 1 saturated heterocycles. The number of rotatable bonds is 1. The Morgan fingerprint density at radius 1 is 1.50 bits per heavy atom. The molecular formula is C10H20NO+. The van der Waals surface area contributed by atoms with Crippen LogP contribution in [0.25, 0.3) is 0 Å². The summed E-state index contributed by atoms with van der Waals surface area (Å²) >= 11 is 0. The Kier molecular flexibility index (Phi) is 2.89. The number of quaternary nitrogens is 1. The lowest BCUT2D eigenvalue weighted by molar-refractivity contribution is -0.906. The second-order valence-corrected chi connectivity index (χ2v) is 4.55. The number of hydrogen-bond donors (Lipinski definition) is 1. The molecular weight excluding hydrogens is 150 g/mol. The molecule has 1 N–H and O–H groups in total. The van der Waals surface area contributed by atoms with Gasteiger partial charge in [0.1, 0.15) is 6.04 Å². The second kappa shape index (κ2) is 3.56. The molecule has 0 aliphatic carbocycles. The topological polar surface area (TPSA) is 21.5 Å². The number of piperidine rings is 1. The molecule has 1 heterocycles. The first-order valence-electron chi connectivity index (χ1n) is 4.87. The lowest BCUT2D eigenvalue weighted by Crippen LogP contribution is -3.16. The first-order valence-corrected chi connectivity index (χ1v) is 4.87. The lowest BCUT2D eigenvalue weighted by Gasteiger charge is -2.33. The van der Waals surface area contributed by atoms with Crippen LogP contribution in [-0.4, -0.2) is 25.4 Å². The fourth-order valence-corrected chi connectivity index (χ4v) is 2.43. The summed E-state index contributed by atoms with van der Waals surface area (Å²) in [6.07, 6.45) is 0.792. The average Bonchev–Trinajstić information content (AvgIpc) is 1.82. The second-order valence-electron chi connectivity index (χ2n) is 4.55. The number of ketones is 1. The van der Waals surface area contributed by atoms with Gasteiger partial charge in [-0.3, -0.25) is 4.79 Å². The fourth-order valence-electron chi connectivity index (χ4n) is 2.43. The number of hydrogen-bond acceptors (Lipinski definition) is 1. The monoisotopic (exact) mass is 170 g/mol. The van der Waals surface area contributed by atoms with Gasteiger partial charge in [-0.1, -0.05) is 20.8 Å². The molecule has 0 radical (unpaired) electrons. The van der Waals surface area contributed by atoms with Crippen molar-refractivity contribution in [3.8, 4) is 0 Å². The smallest absolute Gasteiger partial charge is 0.190 e. The van der Waals surface area contributed by atoms with Crippen LogP contribution in [0.5, 0.6) is 0 Å². The van der Waals surface area contributed by atoms with Crippen LogP contribution in [0.2, 0.25) is 0 Å². The van der Waals surface area contributed by atoms with Crippen LogP contribution < -0.4 is 4.90 Å². The molecule has 0 amide bonds. The van der Waals surface area contributed by atoms with Gasteiger partial charge in [0.25, 0.3) is 0 Å². The zero-order chi connectivity index (χ0) is 9.30. The van der Waals surface area contributed by atoms with Gasteiger partial charge in [0.05, 0.1) is 13.6 Å². The third-order valence-corrected chi connectivity index (χ3v) is 2.76. The minimum absolute atomic E-state index is 0.251. The van der Waals surface area contributed by atoms with Gasteiger partial charge in [-0.05, 0) is 0 Å². The lowest BCUT2D eigenvalue weighted by atomic mass is 9.87. The largest absolute Gasteiger partial charge is 0.328 e. The predicted octanol–water partition coefficient (Wildman–Crippen LogP) is 0.135. The van der Waals surface area contributed by atoms with Gasteiger partial charge < -0.3 is 4.90 Å². The van der Waals surface area contributed by atoms with Crippen LogP contribution in [0.3, 0.4) is 0 Å². The van der Waals surface area contributed by atoms with Crippen molar-refractivity contribution >= 4 is 5.78 Å². The van der Waals surface area contributed by atoms with Gasteiger partial charge in [-0.2, -0.15) is 0 Å². The maximum absolute atomic E-state index is 11.6. The predicted molar refractivity (Wildman–Crippen MR) is 49.2 cm³/mol. The third kappa shape index (κ3) is 1.86. The molecule has 12 heavy (non-hydrogen) atoms. The molecule has 1 rings (SSSR count). The average molecular weight is 170 g/mol. The Morgan fingerprint density at radius 2 is 2.08 bits per heavy atom.